The van der Waals surface area contributed by atoms with E-state index in [0.717, 1.165) is 6.61 Å². The molecule has 0 N–H and O–H groups in total. The minimum absolute atomic E-state index is 0. The minimum atomic E-state index is 0. The summed E-state index contributed by atoms with van der Waals surface area (Å²) in [6, 6.07) is 0. The van der Waals surface area contributed by atoms with Crippen molar-refractivity contribution in [1.82, 2.24) is 5.06 Å². The van der Waals surface area contributed by atoms with Crippen molar-refractivity contribution < 1.29 is 4.84 Å². The van der Waals surface area contributed by atoms with Gasteiger partial charge in [-0.05, 0) is 6.92 Å². The highest BCUT2D eigenvalue weighted by molar-refractivity contribution is 14.0. The van der Waals surface area contributed by atoms with Crippen molar-refractivity contribution in [3.63, 3.8) is 0 Å². The fourth-order valence-corrected chi connectivity index (χ4v) is 0.258. The van der Waals surface area contributed by atoms with Crippen molar-refractivity contribution in [2.24, 2.45) is 0 Å². The van der Waals surface area contributed by atoms with Crippen LogP contribution in [0.2, 0.25) is 0 Å². The van der Waals surface area contributed by atoms with Crippen LogP contribution in [0.5, 0.6) is 0 Å². The van der Waals surface area contributed by atoms with E-state index in [9.17, 15) is 0 Å². The first kappa shape index (κ1) is 10.6. The molecule has 0 heterocycles. The van der Waals surface area contributed by atoms with Gasteiger partial charge in [0.15, 0.2) is 0 Å². The summed E-state index contributed by atoms with van der Waals surface area (Å²) in [4.78, 5) is 4.88. The van der Waals surface area contributed by atoms with E-state index in [4.69, 9.17) is 4.84 Å². The fourth-order valence-electron chi connectivity index (χ4n) is 0.258. The van der Waals surface area contributed by atoms with E-state index < -0.39 is 0 Å². The van der Waals surface area contributed by atoms with Crippen LogP contribution < -0.4 is 0 Å². The molecule has 0 aromatic carbocycles. The van der Waals surface area contributed by atoms with Crippen LogP contribution in [0.3, 0.4) is 0 Å². The highest BCUT2D eigenvalue weighted by atomic mass is 127. The lowest BCUT2D eigenvalue weighted by Gasteiger charge is -2.05. The van der Waals surface area contributed by atoms with Gasteiger partial charge in [-0.25, -0.2) is 0 Å². The molecular weight excluding hydrogens is 205 g/mol. The Morgan fingerprint density at radius 2 is 1.86 bits per heavy atom. The van der Waals surface area contributed by atoms with Gasteiger partial charge in [0.1, 0.15) is 0 Å². The molecule has 0 amide bonds. The zero-order valence-electron chi connectivity index (χ0n) is 4.97. The summed E-state index contributed by atoms with van der Waals surface area (Å²) in [6.45, 7) is 2.72. The summed E-state index contributed by atoms with van der Waals surface area (Å²) in [6.07, 6.45) is 0. The highest BCUT2D eigenvalue weighted by Gasteiger charge is 1.77. The lowest BCUT2D eigenvalue weighted by molar-refractivity contribution is -0.113. The third-order valence-electron chi connectivity index (χ3n) is 0.387. The molecule has 0 aromatic heterocycles. The molecule has 0 aliphatic carbocycles. The third-order valence-corrected chi connectivity index (χ3v) is 0.387. The summed E-state index contributed by atoms with van der Waals surface area (Å²) < 4.78 is 0. The monoisotopic (exact) mass is 217 g/mol. The van der Waals surface area contributed by atoms with Gasteiger partial charge in [-0.15, -0.1) is 24.0 Å². The van der Waals surface area contributed by atoms with Crippen LogP contribution >= 0.6 is 24.0 Å². The third kappa shape index (κ3) is 10.8. The smallest absolute Gasteiger partial charge is 0.0656 e. The molecule has 0 radical (unpaired) electrons. The number of hydroxylamine groups is 2. The Kier molecular flexibility index (Phi) is 10.1. The van der Waals surface area contributed by atoms with E-state index in [0.29, 0.717) is 0 Å². The Morgan fingerprint density at radius 1 is 1.43 bits per heavy atom. The number of nitrogens with zero attached hydrogens (tertiary/aromatic N) is 1. The van der Waals surface area contributed by atoms with Crippen LogP contribution in [0.1, 0.15) is 6.92 Å². The average molecular weight is 217 g/mol. The van der Waals surface area contributed by atoms with E-state index in [2.05, 4.69) is 0 Å². The van der Waals surface area contributed by atoms with Gasteiger partial charge >= 0.3 is 0 Å². The van der Waals surface area contributed by atoms with Crippen molar-refractivity contribution in [2.45, 2.75) is 6.92 Å². The summed E-state index contributed by atoms with van der Waals surface area (Å²) >= 11 is 0. The van der Waals surface area contributed by atoms with Gasteiger partial charge in [-0.3, -0.25) is 4.84 Å². The SMILES string of the molecule is CCON(C)C.I. The van der Waals surface area contributed by atoms with Crippen LogP contribution in [0.4, 0.5) is 0 Å². The van der Waals surface area contributed by atoms with E-state index in [1.54, 1.807) is 5.06 Å². The lowest BCUT2D eigenvalue weighted by atomic mass is 10.9. The van der Waals surface area contributed by atoms with Crippen molar-refractivity contribution in [1.29, 1.82) is 0 Å². The molecule has 2 nitrogen and oxygen atoms in total. The number of hydrogen-bond donors (Lipinski definition) is 0. The molecule has 0 aliphatic rings. The maximum Gasteiger partial charge on any atom is 0.0656 e. The molecule has 0 aliphatic heterocycles. The summed E-state index contributed by atoms with van der Waals surface area (Å²) in [5.74, 6) is 0. The van der Waals surface area contributed by atoms with Crippen molar-refractivity contribution in [2.75, 3.05) is 20.7 Å². The predicted octanol–water partition coefficient (Wildman–Crippen LogP) is 1.12. The quantitative estimate of drug-likeness (QED) is 0.507. The maximum absolute atomic E-state index is 4.88. The van der Waals surface area contributed by atoms with Crippen LogP contribution in [-0.4, -0.2) is 25.8 Å². The fraction of sp³-hybridized carbons (Fsp3) is 1.00. The van der Waals surface area contributed by atoms with E-state index in [1.165, 1.54) is 0 Å². The molecular formula is C4H12INO. The lowest BCUT2D eigenvalue weighted by Crippen LogP contribution is -2.11. The van der Waals surface area contributed by atoms with Gasteiger partial charge in [0, 0.05) is 14.1 Å². The van der Waals surface area contributed by atoms with Crippen molar-refractivity contribution in [3.05, 3.63) is 0 Å². The van der Waals surface area contributed by atoms with Gasteiger partial charge in [0.05, 0.1) is 6.61 Å². The average Bonchev–Trinajstić information content (AvgIpc) is 1.35. The second-order valence-corrected chi connectivity index (χ2v) is 1.23. The second-order valence-electron chi connectivity index (χ2n) is 1.23. The zero-order chi connectivity index (χ0) is 4.99. The number of halogens is 1. The Morgan fingerprint density at radius 3 is 1.86 bits per heavy atom. The van der Waals surface area contributed by atoms with Gasteiger partial charge < -0.3 is 0 Å². The first-order valence-electron chi connectivity index (χ1n) is 2.07. The minimum Gasteiger partial charge on any atom is -0.300 e. The van der Waals surface area contributed by atoms with Gasteiger partial charge in [-0.2, -0.15) is 5.06 Å². The molecule has 3 heteroatoms. The molecule has 0 aromatic rings. The number of rotatable bonds is 2. The first-order valence-corrected chi connectivity index (χ1v) is 2.07. The van der Waals surface area contributed by atoms with Crippen LogP contribution in [-0.2, 0) is 4.84 Å². The molecule has 46 valence electrons. The predicted molar refractivity (Wildman–Crippen MR) is 40.7 cm³/mol. The van der Waals surface area contributed by atoms with Gasteiger partial charge in [-0.1, -0.05) is 0 Å². The normalized spacial score (nSPS) is 8.57. The molecule has 0 saturated carbocycles. The topological polar surface area (TPSA) is 12.5 Å². The Bertz CT molecular complexity index is 32.9. The number of hydrogen-bond acceptors (Lipinski definition) is 2. The molecule has 0 spiro atoms. The molecule has 0 unspecified atom stereocenters. The Hall–Kier alpha value is 0.650. The largest absolute Gasteiger partial charge is 0.300 e. The molecule has 7 heavy (non-hydrogen) atoms. The zero-order valence-corrected chi connectivity index (χ0v) is 7.30. The molecule has 0 fully saturated rings. The summed E-state index contributed by atoms with van der Waals surface area (Å²) in [5.41, 5.74) is 0. The standard InChI is InChI=1S/C4H11NO.HI/c1-4-6-5(2)3;/h4H2,1-3H3;1H. The summed E-state index contributed by atoms with van der Waals surface area (Å²) in [7, 11) is 3.73. The van der Waals surface area contributed by atoms with E-state index in [1.807, 2.05) is 21.0 Å². The Balaban J connectivity index is 0. The van der Waals surface area contributed by atoms with Crippen molar-refractivity contribution in [3.8, 4) is 0 Å². The molecule has 0 atom stereocenters. The highest BCUT2D eigenvalue weighted by Crippen LogP contribution is 1.72. The molecule has 0 bridgehead atoms. The van der Waals surface area contributed by atoms with Crippen LogP contribution in [0, 0.1) is 0 Å². The maximum atomic E-state index is 4.88. The first-order chi connectivity index (χ1) is 2.77. The second kappa shape index (κ2) is 6.65. The van der Waals surface area contributed by atoms with Crippen LogP contribution in [0.15, 0.2) is 0 Å². The van der Waals surface area contributed by atoms with Crippen molar-refractivity contribution >= 4 is 24.0 Å². The molecule has 0 saturated heterocycles. The Labute approximate surface area is 61.8 Å². The van der Waals surface area contributed by atoms with Crippen LogP contribution in [0.25, 0.3) is 0 Å². The summed E-state index contributed by atoms with van der Waals surface area (Å²) in [5, 5.41) is 1.68. The van der Waals surface area contributed by atoms with E-state index >= 15 is 0 Å². The van der Waals surface area contributed by atoms with Gasteiger partial charge in [0.2, 0.25) is 0 Å². The van der Waals surface area contributed by atoms with Gasteiger partial charge in [0.25, 0.3) is 0 Å². The van der Waals surface area contributed by atoms with E-state index in [-0.39, 0.29) is 24.0 Å². The molecule has 0 rings (SSSR count).